The Labute approximate surface area is 155 Å². The van der Waals surface area contributed by atoms with Crippen molar-refractivity contribution in [3.63, 3.8) is 0 Å². The molecule has 0 aliphatic carbocycles. The molecule has 2 aromatic carbocycles. The molecule has 0 unspecified atom stereocenters. The zero-order valence-electron chi connectivity index (χ0n) is 12.8. The number of nitrogens with zero attached hydrogens (tertiary/aromatic N) is 2. The second-order valence-electron chi connectivity index (χ2n) is 5.28. The van der Waals surface area contributed by atoms with Gasteiger partial charge in [-0.15, -0.1) is 0 Å². The van der Waals surface area contributed by atoms with E-state index in [1.165, 1.54) is 0 Å². The summed E-state index contributed by atoms with van der Waals surface area (Å²) in [7, 11) is 1.83. The van der Waals surface area contributed by atoms with Crippen molar-refractivity contribution < 1.29 is 4.79 Å². The number of carbonyl (C=O) groups is 1. The molecular weight excluding hydrogens is 369 g/mol. The number of amides is 1. The minimum absolute atomic E-state index is 0.182. The van der Waals surface area contributed by atoms with Crippen LogP contribution in [-0.4, -0.2) is 24.4 Å². The van der Waals surface area contributed by atoms with Gasteiger partial charge < -0.3 is 5.32 Å². The summed E-state index contributed by atoms with van der Waals surface area (Å²) in [5, 5.41) is 12.9. The first kappa shape index (κ1) is 18.6. The zero-order valence-corrected chi connectivity index (χ0v) is 15.1. The summed E-state index contributed by atoms with van der Waals surface area (Å²) in [6.45, 7) is 0.746. The third-order valence-corrected chi connectivity index (χ3v) is 4.28. The summed E-state index contributed by atoms with van der Waals surface area (Å²) in [5.41, 5.74) is 1.87. The molecule has 2 aromatic rings. The number of rotatable bonds is 5. The first-order valence-electron chi connectivity index (χ1n) is 7.01. The van der Waals surface area contributed by atoms with Crippen LogP contribution in [0.3, 0.4) is 0 Å². The monoisotopic (exact) mass is 381 g/mol. The number of anilines is 1. The fraction of sp³-hybridized carbons (Fsp3) is 0.176. The van der Waals surface area contributed by atoms with Gasteiger partial charge in [0.2, 0.25) is 5.91 Å². The number of halogens is 3. The number of carbonyl (C=O) groups excluding carboxylic acids is 1. The van der Waals surface area contributed by atoms with E-state index in [1.54, 1.807) is 30.3 Å². The average molecular weight is 383 g/mol. The number of hydrogen-bond donors (Lipinski definition) is 1. The Hall–Kier alpha value is -1.77. The Morgan fingerprint density at radius 3 is 2.50 bits per heavy atom. The van der Waals surface area contributed by atoms with Gasteiger partial charge in [0, 0.05) is 12.2 Å². The molecule has 0 aromatic heterocycles. The van der Waals surface area contributed by atoms with E-state index in [4.69, 9.17) is 40.1 Å². The van der Waals surface area contributed by atoms with Gasteiger partial charge >= 0.3 is 0 Å². The average Bonchev–Trinajstić information content (AvgIpc) is 2.51. The molecule has 0 spiro atoms. The summed E-state index contributed by atoms with van der Waals surface area (Å²) in [6, 6.07) is 12.1. The van der Waals surface area contributed by atoms with Crippen LogP contribution in [-0.2, 0) is 11.3 Å². The van der Waals surface area contributed by atoms with Gasteiger partial charge in [0.25, 0.3) is 0 Å². The number of likely N-dealkylation sites (N-methyl/N-ethyl adjacent to an activating group) is 1. The molecule has 0 fully saturated rings. The van der Waals surface area contributed by atoms with E-state index in [2.05, 4.69) is 5.32 Å². The van der Waals surface area contributed by atoms with Crippen LogP contribution in [0.4, 0.5) is 5.69 Å². The number of hydrogen-bond acceptors (Lipinski definition) is 3. The highest BCUT2D eigenvalue weighted by molar-refractivity contribution is 6.42. The Balaban J connectivity index is 1.93. The van der Waals surface area contributed by atoms with Crippen LogP contribution in [0.2, 0.25) is 15.1 Å². The van der Waals surface area contributed by atoms with Gasteiger partial charge in [0.05, 0.1) is 27.2 Å². The third-order valence-electron chi connectivity index (χ3n) is 3.22. The largest absolute Gasteiger partial charge is 0.325 e. The quantitative estimate of drug-likeness (QED) is 0.823. The summed E-state index contributed by atoms with van der Waals surface area (Å²) in [5.74, 6) is -0.182. The fourth-order valence-electron chi connectivity index (χ4n) is 2.13. The highest BCUT2D eigenvalue weighted by Crippen LogP contribution is 2.23. The van der Waals surface area contributed by atoms with Crippen molar-refractivity contribution in [2.24, 2.45) is 0 Å². The lowest BCUT2D eigenvalue weighted by atomic mass is 10.2. The van der Waals surface area contributed by atoms with Gasteiger partial charge in [0.1, 0.15) is 6.07 Å². The molecule has 0 bridgehead atoms. The van der Waals surface area contributed by atoms with Crippen molar-refractivity contribution >= 4 is 46.4 Å². The molecule has 0 radical (unpaired) electrons. The normalized spacial score (nSPS) is 10.5. The zero-order chi connectivity index (χ0) is 17.7. The lowest BCUT2D eigenvalue weighted by molar-refractivity contribution is -0.117. The molecule has 124 valence electrons. The van der Waals surface area contributed by atoms with E-state index >= 15 is 0 Å². The van der Waals surface area contributed by atoms with Gasteiger partial charge in [-0.25, -0.2) is 0 Å². The summed E-state index contributed by atoms with van der Waals surface area (Å²) < 4.78 is 0. The molecule has 1 N–H and O–H groups in total. The summed E-state index contributed by atoms with van der Waals surface area (Å²) >= 11 is 17.8. The predicted molar refractivity (Wildman–Crippen MR) is 97.6 cm³/mol. The van der Waals surface area contributed by atoms with Crippen molar-refractivity contribution in [1.82, 2.24) is 4.90 Å². The standard InChI is InChI=1S/C17H14Cl3N3O/c1-23(9-11-2-5-14(18)16(20)6-11)10-17(24)22-13-4-3-12(8-21)15(19)7-13/h2-7H,9-10H2,1H3,(H,22,24). The van der Waals surface area contributed by atoms with Crippen LogP contribution < -0.4 is 5.32 Å². The van der Waals surface area contributed by atoms with Gasteiger partial charge in [-0.1, -0.05) is 40.9 Å². The van der Waals surface area contributed by atoms with E-state index in [0.29, 0.717) is 32.9 Å². The first-order chi connectivity index (χ1) is 11.4. The lowest BCUT2D eigenvalue weighted by Crippen LogP contribution is -2.29. The molecule has 0 heterocycles. The predicted octanol–water partition coefficient (Wildman–Crippen LogP) is 4.59. The molecule has 4 nitrogen and oxygen atoms in total. The number of benzene rings is 2. The Bertz CT molecular complexity index is 802. The van der Waals surface area contributed by atoms with E-state index in [9.17, 15) is 4.79 Å². The topological polar surface area (TPSA) is 56.1 Å². The summed E-state index contributed by atoms with van der Waals surface area (Å²) in [6.07, 6.45) is 0. The van der Waals surface area contributed by atoms with E-state index in [-0.39, 0.29) is 12.5 Å². The molecule has 24 heavy (non-hydrogen) atoms. The molecule has 0 atom stereocenters. The highest BCUT2D eigenvalue weighted by atomic mass is 35.5. The van der Waals surface area contributed by atoms with Crippen LogP contribution in [0.5, 0.6) is 0 Å². The third kappa shape index (κ3) is 5.12. The minimum atomic E-state index is -0.182. The molecule has 7 heteroatoms. The maximum absolute atomic E-state index is 12.1. The molecule has 2 rings (SSSR count). The number of nitrogens with one attached hydrogen (secondary N) is 1. The second-order valence-corrected chi connectivity index (χ2v) is 6.50. The van der Waals surface area contributed by atoms with Gasteiger partial charge in [0.15, 0.2) is 0 Å². The smallest absolute Gasteiger partial charge is 0.238 e. The lowest BCUT2D eigenvalue weighted by Gasteiger charge is -2.17. The van der Waals surface area contributed by atoms with E-state index < -0.39 is 0 Å². The maximum Gasteiger partial charge on any atom is 0.238 e. The van der Waals surface area contributed by atoms with Crippen molar-refractivity contribution in [3.8, 4) is 6.07 Å². The molecule has 0 aliphatic rings. The minimum Gasteiger partial charge on any atom is -0.325 e. The first-order valence-corrected chi connectivity index (χ1v) is 8.14. The molecular formula is C17H14Cl3N3O. The molecule has 0 saturated carbocycles. The molecule has 0 saturated heterocycles. The van der Waals surface area contributed by atoms with E-state index in [1.807, 2.05) is 24.1 Å². The highest BCUT2D eigenvalue weighted by Gasteiger charge is 2.10. The van der Waals surface area contributed by atoms with Crippen LogP contribution >= 0.6 is 34.8 Å². The Morgan fingerprint density at radius 1 is 1.12 bits per heavy atom. The molecule has 0 aliphatic heterocycles. The van der Waals surface area contributed by atoms with E-state index in [0.717, 1.165) is 5.56 Å². The van der Waals surface area contributed by atoms with Crippen molar-refractivity contribution in [1.29, 1.82) is 5.26 Å². The SMILES string of the molecule is CN(CC(=O)Nc1ccc(C#N)c(Cl)c1)Cc1ccc(Cl)c(Cl)c1. The van der Waals surface area contributed by atoms with Crippen LogP contribution in [0.25, 0.3) is 0 Å². The van der Waals surface area contributed by atoms with Crippen LogP contribution in [0.15, 0.2) is 36.4 Å². The maximum atomic E-state index is 12.1. The van der Waals surface area contributed by atoms with Gasteiger partial charge in [-0.3, -0.25) is 9.69 Å². The fourth-order valence-corrected chi connectivity index (χ4v) is 2.68. The molecule has 1 amide bonds. The number of nitriles is 1. The van der Waals surface area contributed by atoms with Crippen molar-refractivity contribution in [3.05, 3.63) is 62.6 Å². The summed E-state index contributed by atoms with van der Waals surface area (Å²) in [4.78, 5) is 13.9. The Kier molecular flexibility index (Phi) is 6.47. The Morgan fingerprint density at radius 2 is 1.88 bits per heavy atom. The van der Waals surface area contributed by atoms with Gasteiger partial charge in [-0.05, 0) is 42.9 Å². The second kappa shape index (κ2) is 8.36. The van der Waals surface area contributed by atoms with Gasteiger partial charge in [-0.2, -0.15) is 5.26 Å². The van der Waals surface area contributed by atoms with Crippen molar-refractivity contribution in [2.45, 2.75) is 6.54 Å². The van der Waals surface area contributed by atoms with Crippen LogP contribution in [0.1, 0.15) is 11.1 Å². The van der Waals surface area contributed by atoms with Crippen molar-refractivity contribution in [2.75, 3.05) is 18.9 Å². The van der Waals surface area contributed by atoms with Crippen LogP contribution in [0, 0.1) is 11.3 Å².